The van der Waals surface area contributed by atoms with E-state index in [1.54, 1.807) is 39.4 Å². The molecule has 0 saturated heterocycles. The first kappa shape index (κ1) is 27.3. The number of allylic oxidation sites excluding steroid dienone is 2. The van der Waals surface area contributed by atoms with Crippen molar-refractivity contribution < 1.29 is 19.4 Å². The maximum atomic E-state index is 13.3. The number of anilines is 1. The van der Waals surface area contributed by atoms with Crippen molar-refractivity contribution >= 4 is 29.2 Å². The summed E-state index contributed by atoms with van der Waals surface area (Å²) < 4.78 is 11.6. The molecule has 0 spiro atoms. The average molecular weight is 472 g/mol. The summed E-state index contributed by atoms with van der Waals surface area (Å²) in [5.74, 6) is 0.797. The lowest BCUT2D eigenvalue weighted by Crippen LogP contribution is -2.30. The molecule has 2 aromatic rings. The first-order valence-electron chi connectivity index (χ1n) is 11.7. The minimum absolute atomic E-state index is 0.119. The van der Waals surface area contributed by atoms with Gasteiger partial charge >= 0.3 is 0 Å². The summed E-state index contributed by atoms with van der Waals surface area (Å²) in [6.07, 6.45) is 8.02. The molecule has 0 bridgehead atoms. The third kappa shape index (κ3) is 6.77. The van der Waals surface area contributed by atoms with Crippen LogP contribution in [0.1, 0.15) is 44.9 Å². The summed E-state index contributed by atoms with van der Waals surface area (Å²) in [7, 11) is 3.36. The smallest absolute Gasteiger partial charge is 0.198 e. The van der Waals surface area contributed by atoms with E-state index < -0.39 is 0 Å². The fraction of sp³-hybridized carbons (Fsp3) is 0.500. The largest absolute Gasteiger partial charge is 0.515 e. The molecule has 8 heteroatoms. The highest BCUT2D eigenvalue weighted by Crippen LogP contribution is 2.31. The number of hydrogen-bond acceptors (Lipinski definition) is 7. The van der Waals surface area contributed by atoms with Crippen LogP contribution in [0.2, 0.25) is 0 Å². The number of ether oxygens (including phenoxy) is 2. The Balaban J connectivity index is 0.000000945. The molecule has 1 aliphatic carbocycles. The number of aromatic nitrogens is 2. The van der Waals surface area contributed by atoms with E-state index in [9.17, 15) is 9.59 Å². The summed E-state index contributed by atoms with van der Waals surface area (Å²) in [5, 5.41) is 9.62. The molecule has 2 heterocycles. The van der Waals surface area contributed by atoms with Crippen molar-refractivity contribution in [3.8, 4) is 0 Å². The quantitative estimate of drug-likeness (QED) is 0.302. The highest BCUT2D eigenvalue weighted by Gasteiger charge is 2.30. The number of pyridine rings is 2. The van der Waals surface area contributed by atoms with E-state index in [1.807, 2.05) is 24.5 Å². The van der Waals surface area contributed by atoms with Crippen molar-refractivity contribution in [3.63, 3.8) is 0 Å². The fourth-order valence-corrected chi connectivity index (χ4v) is 3.67. The SMILES string of the molecule is CCOC.CCc1c(/C=C\C(C)=C\O)c(=O)c2ccc(N(CCOC)C3CC3)nc2n1CC=O. The molecule has 0 aliphatic heterocycles. The second kappa shape index (κ2) is 13.7. The molecule has 0 atom stereocenters. The fourth-order valence-electron chi connectivity index (χ4n) is 3.67. The number of aldehydes is 1. The summed E-state index contributed by atoms with van der Waals surface area (Å²) >= 11 is 0. The van der Waals surface area contributed by atoms with Gasteiger partial charge in [0.1, 0.15) is 17.8 Å². The Morgan fingerprint density at radius 1 is 1.26 bits per heavy atom. The minimum atomic E-state index is -0.125. The molecule has 2 aromatic heterocycles. The lowest BCUT2D eigenvalue weighted by molar-refractivity contribution is -0.108. The zero-order valence-corrected chi connectivity index (χ0v) is 20.9. The molecule has 0 amide bonds. The van der Waals surface area contributed by atoms with Gasteiger partial charge in [-0.15, -0.1) is 0 Å². The molecule has 3 rings (SSSR count). The Hall–Kier alpha value is -2.97. The van der Waals surface area contributed by atoms with Gasteiger partial charge in [0.15, 0.2) is 5.43 Å². The van der Waals surface area contributed by atoms with E-state index in [-0.39, 0.29) is 12.0 Å². The molecule has 1 N–H and O–H groups in total. The molecule has 34 heavy (non-hydrogen) atoms. The molecule has 8 nitrogen and oxygen atoms in total. The lowest BCUT2D eigenvalue weighted by atomic mass is 10.1. The molecule has 1 saturated carbocycles. The Morgan fingerprint density at radius 3 is 2.50 bits per heavy atom. The zero-order chi connectivity index (χ0) is 25.1. The topological polar surface area (TPSA) is 93.9 Å². The Morgan fingerprint density at radius 2 is 1.97 bits per heavy atom. The first-order chi connectivity index (χ1) is 16.5. The monoisotopic (exact) mass is 471 g/mol. The predicted molar refractivity (Wildman–Crippen MR) is 137 cm³/mol. The maximum Gasteiger partial charge on any atom is 0.198 e. The number of methoxy groups -OCH3 is 2. The van der Waals surface area contributed by atoms with Crippen molar-refractivity contribution in [3.05, 3.63) is 51.5 Å². The van der Waals surface area contributed by atoms with E-state index in [0.717, 1.165) is 50.1 Å². The lowest BCUT2D eigenvalue weighted by Gasteiger charge is -2.24. The number of fused-ring (bicyclic) bond motifs is 1. The van der Waals surface area contributed by atoms with Gasteiger partial charge in [0.2, 0.25) is 0 Å². The van der Waals surface area contributed by atoms with E-state index >= 15 is 0 Å². The second-order valence-electron chi connectivity index (χ2n) is 8.06. The van der Waals surface area contributed by atoms with Gasteiger partial charge in [-0.1, -0.05) is 13.0 Å². The van der Waals surface area contributed by atoms with Crippen LogP contribution in [0.15, 0.2) is 34.8 Å². The van der Waals surface area contributed by atoms with Gasteiger partial charge in [-0.05, 0) is 56.9 Å². The van der Waals surface area contributed by atoms with Crippen LogP contribution in [0.4, 0.5) is 5.82 Å². The summed E-state index contributed by atoms with van der Waals surface area (Å²) in [6, 6.07) is 4.12. The normalized spacial score (nSPS) is 13.7. The number of carbonyl (C=O) groups excluding carboxylic acids is 1. The van der Waals surface area contributed by atoms with Crippen molar-refractivity contribution in [2.45, 2.75) is 52.6 Å². The maximum absolute atomic E-state index is 13.3. The van der Waals surface area contributed by atoms with Gasteiger partial charge < -0.3 is 28.8 Å². The average Bonchev–Trinajstić information content (AvgIpc) is 3.70. The third-order valence-corrected chi connectivity index (χ3v) is 5.66. The molecule has 1 aliphatic rings. The van der Waals surface area contributed by atoms with E-state index in [2.05, 4.69) is 9.64 Å². The Kier molecular flexibility index (Phi) is 11.0. The highest BCUT2D eigenvalue weighted by atomic mass is 16.5. The number of hydrogen-bond donors (Lipinski definition) is 1. The molecular formula is C26H37N3O5. The van der Waals surface area contributed by atoms with Gasteiger partial charge in [-0.3, -0.25) is 4.79 Å². The number of aliphatic hydroxyl groups excluding tert-OH is 1. The van der Waals surface area contributed by atoms with Gasteiger partial charge in [0, 0.05) is 44.7 Å². The highest BCUT2D eigenvalue weighted by molar-refractivity contribution is 5.81. The second-order valence-corrected chi connectivity index (χ2v) is 8.06. The van der Waals surface area contributed by atoms with Crippen LogP contribution < -0.4 is 10.3 Å². The van der Waals surface area contributed by atoms with E-state index in [1.165, 1.54) is 0 Å². The number of aliphatic hydroxyl groups is 1. The molecule has 0 radical (unpaired) electrons. The standard InChI is InChI=1S/C23H29N3O4.C3H8O/c1-4-20-18(8-5-16(2)15-28)22(29)19-9-10-21(24-23(19)26(20)11-13-27)25(12-14-30-3)17-6-7-17;1-3-4-2/h5,8-10,13,15,17,28H,4,6-7,11-12,14H2,1-3H3;3H2,1-2H3/b8-5-,16-15+;. The van der Waals surface area contributed by atoms with Crippen LogP contribution in [0, 0.1) is 0 Å². The number of carbonyl (C=O) groups is 1. The van der Waals surface area contributed by atoms with Crippen LogP contribution >= 0.6 is 0 Å². The number of rotatable bonds is 11. The van der Waals surface area contributed by atoms with Crippen molar-refractivity contribution in [2.24, 2.45) is 0 Å². The van der Waals surface area contributed by atoms with E-state index in [0.29, 0.717) is 41.2 Å². The van der Waals surface area contributed by atoms with E-state index in [4.69, 9.17) is 14.8 Å². The first-order valence-corrected chi connectivity index (χ1v) is 11.7. The van der Waals surface area contributed by atoms with Gasteiger partial charge in [-0.25, -0.2) is 4.98 Å². The van der Waals surface area contributed by atoms with Crippen molar-refractivity contribution in [1.29, 1.82) is 0 Å². The molecular weight excluding hydrogens is 434 g/mol. The van der Waals surface area contributed by atoms with Crippen molar-refractivity contribution in [1.82, 2.24) is 9.55 Å². The van der Waals surface area contributed by atoms with Gasteiger partial charge in [0.25, 0.3) is 0 Å². The van der Waals surface area contributed by atoms with Crippen LogP contribution in [0.25, 0.3) is 17.1 Å². The molecule has 0 unspecified atom stereocenters. The van der Waals surface area contributed by atoms with Crippen molar-refractivity contribution in [2.75, 3.05) is 38.9 Å². The Bertz CT molecular complexity index is 1070. The van der Waals surface area contributed by atoms with Gasteiger partial charge in [-0.2, -0.15) is 0 Å². The van der Waals surface area contributed by atoms with Crippen LogP contribution in [-0.2, 0) is 27.2 Å². The van der Waals surface area contributed by atoms with Crippen LogP contribution in [0.3, 0.4) is 0 Å². The summed E-state index contributed by atoms with van der Waals surface area (Å²) in [5.41, 5.74) is 2.29. The van der Waals surface area contributed by atoms with Crippen LogP contribution in [-0.4, -0.2) is 61.0 Å². The molecule has 1 fully saturated rings. The number of nitrogens with zero attached hydrogens (tertiary/aromatic N) is 3. The zero-order valence-electron chi connectivity index (χ0n) is 20.9. The summed E-state index contributed by atoms with van der Waals surface area (Å²) in [6.45, 7) is 7.92. The minimum Gasteiger partial charge on any atom is -0.515 e. The third-order valence-electron chi connectivity index (χ3n) is 5.66. The predicted octanol–water partition coefficient (Wildman–Crippen LogP) is 3.90. The molecule has 186 valence electrons. The summed E-state index contributed by atoms with van der Waals surface area (Å²) in [4.78, 5) is 31.8. The van der Waals surface area contributed by atoms with Crippen LogP contribution in [0.5, 0.6) is 0 Å². The van der Waals surface area contributed by atoms with Gasteiger partial charge in [0.05, 0.1) is 24.8 Å². The Labute approximate surface area is 201 Å². The molecule has 0 aromatic carbocycles.